The predicted octanol–water partition coefficient (Wildman–Crippen LogP) is 5.46. The largest absolute Gasteiger partial charge is 0.481 e. The molecule has 1 aliphatic rings. The van der Waals surface area contributed by atoms with Crippen LogP contribution in [-0.2, 0) is 4.79 Å². The highest BCUT2D eigenvalue weighted by molar-refractivity contribution is 8.01. The smallest absolute Gasteiger partial charge is 0.328 e. The van der Waals surface area contributed by atoms with Crippen molar-refractivity contribution < 1.29 is 23.5 Å². The Kier molecular flexibility index (Phi) is 7.65. The number of carboxylic acids is 1. The van der Waals surface area contributed by atoms with Crippen molar-refractivity contribution in [1.29, 1.82) is 0 Å². The fourth-order valence-corrected chi connectivity index (χ4v) is 4.99. The lowest BCUT2D eigenvalue weighted by Gasteiger charge is -2.31. The highest BCUT2D eigenvalue weighted by Gasteiger charge is 2.25. The van der Waals surface area contributed by atoms with E-state index in [1.807, 2.05) is 0 Å². The molecule has 0 saturated heterocycles. The monoisotopic (exact) mass is 455 g/mol. The highest BCUT2D eigenvalue weighted by Crippen LogP contribution is 2.32. The van der Waals surface area contributed by atoms with E-state index < -0.39 is 23.6 Å². The van der Waals surface area contributed by atoms with E-state index in [1.165, 1.54) is 17.2 Å². The molecule has 2 amide bonds. The first kappa shape index (κ1) is 22.5. The number of carbonyl (C=O) groups is 2. The highest BCUT2D eigenvalue weighted by atomic mass is 32.2. The molecule has 2 N–H and O–H groups in total. The summed E-state index contributed by atoms with van der Waals surface area (Å²) in [7, 11) is 0. The molecule has 3 rings (SSSR count). The topological polar surface area (TPSA) is 82.5 Å². The van der Waals surface area contributed by atoms with Gasteiger partial charge in [0.2, 0.25) is 0 Å². The van der Waals surface area contributed by atoms with Crippen LogP contribution in [0.15, 0.2) is 28.6 Å². The van der Waals surface area contributed by atoms with Crippen LogP contribution >= 0.6 is 23.1 Å². The van der Waals surface area contributed by atoms with E-state index in [0.717, 1.165) is 60.9 Å². The number of hydrogen-bond acceptors (Lipinski definition) is 5. The van der Waals surface area contributed by atoms with Gasteiger partial charge in [-0.2, -0.15) is 0 Å². The second-order valence-corrected chi connectivity index (χ2v) is 9.74. The predicted molar refractivity (Wildman–Crippen MR) is 114 cm³/mol. The van der Waals surface area contributed by atoms with Crippen LogP contribution in [0.5, 0.6) is 0 Å². The summed E-state index contributed by atoms with van der Waals surface area (Å²) in [4.78, 5) is 29.2. The van der Waals surface area contributed by atoms with Gasteiger partial charge in [0.25, 0.3) is 0 Å². The number of benzene rings is 1. The Balaban J connectivity index is 1.74. The third-order valence-electron chi connectivity index (χ3n) is 5.07. The lowest BCUT2D eigenvalue weighted by Crippen LogP contribution is -2.39. The summed E-state index contributed by atoms with van der Waals surface area (Å²) in [5, 5.41) is 11.8. The number of aliphatic carboxylic acids is 1. The minimum Gasteiger partial charge on any atom is -0.481 e. The first-order valence-electron chi connectivity index (χ1n) is 9.65. The van der Waals surface area contributed by atoms with Gasteiger partial charge >= 0.3 is 12.0 Å². The van der Waals surface area contributed by atoms with Crippen LogP contribution in [-0.4, -0.2) is 34.4 Å². The normalized spacial score (nSPS) is 18.8. The summed E-state index contributed by atoms with van der Waals surface area (Å²) >= 11 is 2.28. The van der Waals surface area contributed by atoms with Gasteiger partial charge in [0.1, 0.15) is 0 Å². The third-order valence-corrected chi connectivity index (χ3v) is 7.16. The molecule has 1 heterocycles. The molecule has 1 fully saturated rings. The number of thiazole rings is 1. The average molecular weight is 456 g/mol. The molecule has 0 unspecified atom stereocenters. The maximum absolute atomic E-state index is 13.8. The number of rotatable bonds is 7. The Labute approximate surface area is 181 Å². The zero-order valence-corrected chi connectivity index (χ0v) is 18.1. The van der Waals surface area contributed by atoms with Crippen molar-refractivity contribution >= 4 is 45.9 Å². The number of carbonyl (C=O) groups excluding carboxylic acids is 1. The molecule has 0 atom stereocenters. The van der Waals surface area contributed by atoms with Crippen molar-refractivity contribution in [2.45, 2.75) is 36.8 Å². The zero-order valence-electron chi connectivity index (χ0n) is 16.4. The van der Waals surface area contributed by atoms with Crippen molar-refractivity contribution in [1.82, 2.24) is 4.98 Å². The maximum Gasteiger partial charge on any atom is 0.328 e. The van der Waals surface area contributed by atoms with Gasteiger partial charge < -0.3 is 5.11 Å². The Morgan fingerprint density at radius 3 is 2.67 bits per heavy atom. The van der Waals surface area contributed by atoms with Crippen LogP contribution < -0.4 is 10.2 Å². The minimum atomic E-state index is -1.01. The summed E-state index contributed by atoms with van der Waals surface area (Å²) in [6.45, 7) is 2.61. The number of nitrogens with one attached hydrogen (secondary N) is 1. The Hall–Kier alpha value is -2.20. The molecular formula is C20H23F2N3O3S2. The van der Waals surface area contributed by atoms with E-state index in [9.17, 15) is 18.4 Å². The summed E-state index contributed by atoms with van der Waals surface area (Å²) in [6.07, 6.45) is 5.60. The summed E-state index contributed by atoms with van der Waals surface area (Å²) in [5.41, 5.74) is 0.280. The van der Waals surface area contributed by atoms with Crippen LogP contribution in [0.25, 0.3) is 0 Å². The van der Waals surface area contributed by atoms with Crippen molar-refractivity contribution in [2.75, 3.05) is 22.5 Å². The molecule has 0 bridgehead atoms. The molecule has 1 saturated carbocycles. The number of aromatic nitrogens is 1. The lowest BCUT2D eigenvalue weighted by atomic mass is 9.83. The Bertz CT molecular complexity index is 901. The number of amides is 2. The Morgan fingerprint density at radius 1 is 1.27 bits per heavy atom. The standard InChI is InChI=1S/C20H23F2N3O3S2/c1-12-2-4-13(5-3-12)10-25(14-6-7-15(21)16(22)8-14)20(28)24-19-23-9-18(30-19)29-11-17(26)27/h6-9,12-13H,2-5,10-11H2,1H3,(H,26,27)(H,23,24,28)/t12-,13-. The second-order valence-electron chi connectivity index (χ2n) is 7.43. The summed E-state index contributed by atoms with van der Waals surface area (Å²) < 4.78 is 27.9. The maximum atomic E-state index is 13.8. The lowest BCUT2D eigenvalue weighted by molar-refractivity contribution is -0.133. The first-order valence-corrected chi connectivity index (χ1v) is 11.5. The molecule has 1 aromatic carbocycles. The van der Waals surface area contributed by atoms with Gasteiger partial charge in [0, 0.05) is 18.3 Å². The molecular weight excluding hydrogens is 432 g/mol. The number of halogens is 2. The van der Waals surface area contributed by atoms with E-state index in [0.29, 0.717) is 21.8 Å². The van der Waals surface area contributed by atoms with Crippen LogP contribution in [0, 0.1) is 23.5 Å². The molecule has 162 valence electrons. The molecule has 10 heteroatoms. The van der Waals surface area contributed by atoms with E-state index in [1.54, 1.807) is 0 Å². The average Bonchev–Trinajstić information content (AvgIpc) is 3.15. The fourth-order valence-electron chi connectivity index (χ4n) is 3.40. The molecule has 6 nitrogen and oxygen atoms in total. The number of nitrogens with zero attached hydrogens (tertiary/aromatic N) is 2. The molecule has 0 spiro atoms. The van der Waals surface area contributed by atoms with Crippen molar-refractivity contribution in [2.24, 2.45) is 11.8 Å². The molecule has 2 aromatic rings. The van der Waals surface area contributed by atoms with Gasteiger partial charge in [-0.15, -0.1) is 11.8 Å². The van der Waals surface area contributed by atoms with Crippen LogP contribution in [0.1, 0.15) is 32.6 Å². The van der Waals surface area contributed by atoms with Gasteiger partial charge in [-0.05, 0) is 36.8 Å². The quantitative estimate of drug-likeness (QED) is 0.542. The molecule has 30 heavy (non-hydrogen) atoms. The number of thioether (sulfide) groups is 1. The van der Waals surface area contributed by atoms with E-state index >= 15 is 0 Å². The van der Waals surface area contributed by atoms with E-state index in [4.69, 9.17) is 5.11 Å². The van der Waals surface area contributed by atoms with Gasteiger partial charge in [-0.1, -0.05) is 31.1 Å². The number of carboxylic acid groups (broad SMARTS) is 1. The van der Waals surface area contributed by atoms with Crippen LogP contribution in [0.2, 0.25) is 0 Å². The van der Waals surface area contributed by atoms with E-state index in [2.05, 4.69) is 17.2 Å². The van der Waals surface area contributed by atoms with Gasteiger partial charge in [0.05, 0.1) is 16.2 Å². The Morgan fingerprint density at radius 2 is 2.00 bits per heavy atom. The fraction of sp³-hybridized carbons (Fsp3) is 0.450. The SMILES string of the molecule is C[C@H]1CC[C@H](CN(C(=O)Nc2ncc(SCC(=O)O)s2)c2ccc(F)c(F)c2)CC1. The molecule has 1 aromatic heterocycles. The second kappa shape index (κ2) is 10.2. The molecule has 0 radical (unpaired) electrons. The van der Waals surface area contributed by atoms with Crippen molar-refractivity contribution in [3.63, 3.8) is 0 Å². The van der Waals surface area contributed by atoms with Gasteiger partial charge in [0.15, 0.2) is 16.8 Å². The van der Waals surface area contributed by atoms with E-state index in [-0.39, 0.29) is 17.4 Å². The summed E-state index contributed by atoms with van der Waals surface area (Å²) in [5.74, 6) is -2.08. The van der Waals surface area contributed by atoms with Crippen LogP contribution in [0.4, 0.5) is 24.4 Å². The number of urea groups is 1. The minimum absolute atomic E-state index is 0.101. The zero-order chi connectivity index (χ0) is 21.7. The van der Waals surface area contributed by atoms with Crippen molar-refractivity contribution in [3.05, 3.63) is 36.0 Å². The van der Waals surface area contributed by atoms with Crippen molar-refractivity contribution in [3.8, 4) is 0 Å². The number of anilines is 2. The van der Waals surface area contributed by atoms with Gasteiger partial charge in [-0.25, -0.2) is 18.6 Å². The van der Waals surface area contributed by atoms with Crippen LogP contribution in [0.3, 0.4) is 0 Å². The number of hydrogen-bond donors (Lipinski definition) is 2. The molecule has 1 aliphatic carbocycles. The first-order chi connectivity index (χ1) is 14.3. The summed E-state index contributed by atoms with van der Waals surface area (Å²) in [6, 6.07) is 2.94. The molecule has 0 aliphatic heterocycles. The third kappa shape index (κ3) is 6.15. The van der Waals surface area contributed by atoms with Gasteiger partial charge in [-0.3, -0.25) is 15.0 Å².